The number of aliphatic hydroxyl groups excluding tert-OH is 1. The van der Waals surface area contributed by atoms with Crippen LogP contribution in [0.15, 0.2) is 11.6 Å². The van der Waals surface area contributed by atoms with Gasteiger partial charge in [-0.2, -0.15) is 0 Å². The summed E-state index contributed by atoms with van der Waals surface area (Å²) in [7, 11) is 0. The first-order valence-electron chi connectivity index (χ1n) is 2.68. The van der Waals surface area contributed by atoms with E-state index >= 15 is 0 Å². The maximum absolute atomic E-state index is 8.86. The highest BCUT2D eigenvalue weighted by molar-refractivity contribution is 5.29. The minimum absolute atomic E-state index is 0.277. The Labute approximate surface area is 49.0 Å². The molecule has 0 amide bonds. The van der Waals surface area contributed by atoms with Crippen LogP contribution in [0.25, 0.3) is 0 Å². The quantitative estimate of drug-likeness (QED) is 0.453. The van der Waals surface area contributed by atoms with Crippen LogP contribution in [0.2, 0.25) is 0 Å². The topological polar surface area (TPSA) is 20.2 Å². The molecule has 1 heteroatoms. The van der Waals surface area contributed by atoms with Crippen molar-refractivity contribution in [2.24, 2.45) is 0 Å². The molecule has 1 aliphatic carbocycles. The van der Waals surface area contributed by atoms with E-state index < -0.39 is 0 Å². The van der Waals surface area contributed by atoms with Crippen LogP contribution in [0.4, 0.5) is 0 Å². The SMILES string of the molecule is C#CC1=CC(O)CC1. The van der Waals surface area contributed by atoms with Gasteiger partial charge in [0.15, 0.2) is 0 Å². The van der Waals surface area contributed by atoms with Gasteiger partial charge in [-0.3, -0.25) is 0 Å². The molecule has 1 N–H and O–H groups in total. The van der Waals surface area contributed by atoms with Crippen molar-refractivity contribution in [2.75, 3.05) is 0 Å². The first kappa shape index (κ1) is 5.40. The highest BCUT2D eigenvalue weighted by Gasteiger charge is 2.09. The van der Waals surface area contributed by atoms with Crippen LogP contribution in [0.3, 0.4) is 0 Å². The number of aliphatic hydroxyl groups is 1. The molecular formula is C7H8O. The lowest BCUT2D eigenvalue weighted by Gasteiger charge is -1.89. The molecule has 1 nitrogen and oxygen atoms in total. The largest absolute Gasteiger partial charge is 0.389 e. The number of rotatable bonds is 0. The molecule has 0 radical (unpaired) electrons. The van der Waals surface area contributed by atoms with Gasteiger partial charge < -0.3 is 5.11 Å². The van der Waals surface area contributed by atoms with Gasteiger partial charge in [-0.25, -0.2) is 0 Å². The van der Waals surface area contributed by atoms with Gasteiger partial charge >= 0.3 is 0 Å². The van der Waals surface area contributed by atoms with Gasteiger partial charge in [0.2, 0.25) is 0 Å². The summed E-state index contributed by atoms with van der Waals surface area (Å²) in [6, 6.07) is 0. The van der Waals surface area contributed by atoms with E-state index in [1.165, 1.54) is 0 Å². The van der Waals surface area contributed by atoms with Crippen molar-refractivity contribution >= 4 is 0 Å². The third-order valence-corrected chi connectivity index (χ3v) is 1.29. The first-order chi connectivity index (χ1) is 3.83. The lowest BCUT2D eigenvalue weighted by molar-refractivity contribution is 0.223. The summed E-state index contributed by atoms with van der Waals surface area (Å²) in [6.45, 7) is 0. The Morgan fingerprint density at radius 2 is 2.62 bits per heavy atom. The van der Waals surface area contributed by atoms with Crippen molar-refractivity contribution < 1.29 is 5.11 Å². The molecule has 0 aromatic rings. The fourth-order valence-corrected chi connectivity index (χ4v) is 0.823. The van der Waals surface area contributed by atoms with Gasteiger partial charge in [-0.1, -0.05) is 5.92 Å². The van der Waals surface area contributed by atoms with Gasteiger partial charge in [0.25, 0.3) is 0 Å². The summed E-state index contributed by atoms with van der Waals surface area (Å²) in [4.78, 5) is 0. The minimum atomic E-state index is -0.277. The Hall–Kier alpha value is -0.740. The van der Waals surface area contributed by atoms with Crippen molar-refractivity contribution in [1.29, 1.82) is 0 Å². The van der Waals surface area contributed by atoms with E-state index in [4.69, 9.17) is 11.5 Å². The summed E-state index contributed by atoms with van der Waals surface area (Å²) in [5, 5.41) is 8.86. The van der Waals surface area contributed by atoms with Gasteiger partial charge in [0.1, 0.15) is 0 Å². The highest BCUT2D eigenvalue weighted by atomic mass is 16.3. The zero-order valence-electron chi connectivity index (χ0n) is 4.59. The third kappa shape index (κ3) is 0.907. The fourth-order valence-electron chi connectivity index (χ4n) is 0.823. The van der Waals surface area contributed by atoms with Crippen molar-refractivity contribution in [1.82, 2.24) is 0 Å². The van der Waals surface area contributed by atoms with E-state index in [0.717, 1.165) is 18.4 Å². The van der Waals surface area contributed by atoms with E-state index in [9.17, 15) is 0 Å². The van der Waals surface area contributed by atoms with Crippen molar-refractivity contribution in [3.8, 4) is 12.3 Å². The average molecular weight is 108 g/mol. The lowest BCUT2D eigenvalue weighted by atomic mass is 10.2. The molecule has 0 saturated carbocycles. The summed E-state index contributed by atoms with van der Waals surface area (Å²) in [5.41, 5.74) is 0.942. The van der Waals surface area contributed by atoms with Gasteiger partial charge in [-0.15, -0.1) is 6.42 Å². The molecule has 1 unspecified atom stereocenters. The van der Waals surface area contributed by atoms with Gasteiger partial charge in [0.05, 0.1) is 6.10 Å². The monoisotopic (exact) mass is 108 g/mol. The highest BCUT2D eigenvalue weighted by Crippen LogP contribution is 2.16. The molecule has 0 fully saturated rings. The smallest absolute Gasteiger partial charge is 0.0736 e. The molecule has 42 valence electrons. The van der Waals surface area contributed by atoms with Crippen LogP contribution in [0.5, 0.6) is 0 Å². The summed E-state index contributed by atoms with van der Waals surface area (Å²) >= 11 is 0. The van der Waals surface area contributed by atoms with E-state index in [1.807, 2.05) is 0 Å². The zero-order chi connectivity index (χ0) is 5.98. The van der Waals surface area contributed by atoms with Crippen molar-refractivity contribution in [3.63, 3.8) is 0 Å². The summed E-state index contributed by atoms with van der Waals surface area (Å²) in [5.74, 6) is 2.50. The van der Waals surface area contributed by atoms with E-state index in [0.29, 0.717) is 0 Å². The van der Waals surface area contributed by atoms with Crippen LogP contribution in [-0.4, -0.2) is 11.2 Å². The molecular weight excluding hydrogens is 100 g/mol. The van der Waals surface area contributed by atoms with E-state index in [2.05, 4.69) is 5.92 Å². The summed E-state index contributed by atoms with van der Waals surface area (Å²) < 4.78 is 0. The first-order valence-corrected chi connectivity index (χ1v) is 2.68. The van der Waals surface area contributed by atoms with E-state index in [1.54, 1.807) is 6.08 Å². The van der Waals surface area contributed by atoms with Crippen molar-refractivity contribution in [2.45, 2.75) is 18.9 Å². The molecule has 8 heavy (non-hydrogen) atoms. The predicted octanol–water partition coefficient (Wildman–Crippen LogP) is 0.701. The summed E-state index contributed by atoms with van der Waals surface area (Å²) in [6.07, 6.45) is 8.20. The molecule has 0 aliphatic heterocycles. The van der Waals surface area contributed by atoms with Crippen LogP contribution in [-0.2, 0) is 0 Å². The Kier molecular flexibility index (Phi) is 1.36. The van der Waals surface area contributed by atoms with Crippen LogP contribution < -0.4 is 0 Å². The van der Waals surface area contributed by atoms with Crippen molar-refractivity contribution in [3.05, 3.63) is 11.6 Å². The van der Waals surface area contributed by atoms with Gasteiger partial charge in [0, 0.05) is 5.57 Å². The second kappa shape index (κ2) is 2.02. The molecule has 0 aromatic heterocycles. The Morgan fingerprint density at radius 3 is 2.88 bits per heavy atom. The van der Waals surface area contributed by atoms with Crippen LogP contribution in [0, 0.1) is 12.3 Å². The molecule has 0 saturated heterocycles. The maximum Gasteiger partial charge on any atom is 0.0736 e. The number of terminal acetylenes is 1. The second-order valence-corrected chi connectivity index (χ2v) is 1.94. The number of hydrogen-bond donors (Lipinski definition) is 1. The molecule has 1 rings (SSSR count). The number of allylic oxidation sites excluding steroid dienone is 1. The van der Waals surface area contributed by atoms with Gasteiger partial charge in [-0.05, 0) is 18.9 Å². The Bertz CT molecular complexity index is 150. The molecule has 1 atom stereocenters. The minimum Gasteiger partial charge on any atom is -0.389 e. The van der Waals surface area contributed by atoms with Crippen LogP contribution in [0.1, 0.15) is 12.8 Å². The normalized spacial score (nSPS) is 27.0. The molecule has 0 aromatic carbocycles. The zero-order valence-corrected chi connectivity index (χ0v) is 4.59. The molecule has 0 spiro atoms. The molecule has 0 heterocycles. The number of hydrogen-bond acceptors (Lipinski definition) is 1. The molecule has 1 aliphatic rings. The average Bonchev–Trinajstić information content (AvgIpc) is 2.14. The third-order valence-electron chi connectivity index (χ3n) is 1.29. The fraction of sp³-hybridized carbons (Fsp3) is 0.429. The lowest BCUT2D eigenvalue weighted by Crippen LogP contribution is -1.93. The second-order valence-electron chi connectivity index (χ2n) is 1.94. The van der Waals surface area contributed by atoms with Crippen LogP contribution >= 0.6 is 0 Å². The predicted molar refractivity (Wildman–Crippen MR) is 32.2 cm³/mol. The maximum atomic E-state index is 8.86. The Morgan fingerprint density at radius 1 is 1.88 bits per heavy atom. The Balaban J connectivity index is 2.61. The molecule has 0 bridgehead atoms. The standard InChI is InChI=1S/C7H8O/c1-2-6-3-4-7(8)5-6/h1,5,7-8H,3-4H2. The van der Waals surface area contributed by atoms with E-state index in [-0.39, 0.29) is 6.10 Å².